The molecule has 1 N–H and O–H groups in total. The van der Waals surface area contributed by atoms with Gasteiger partial charge in [-0.05, 0) is 81.4 Å². The van der Waals surface area contributed by atoms with Gasteiger partial charge in [0.2, 0.25) is 0 Å². The van der Waals surface area contributed by atoms with Gasteiger partial charge in [-0.25, -0.2) is 0 Å². The first-order valence-corrected chi connectivity index (χ1v) is 8.66. The first-order chi connectivity index (χ1) is 8.58. The third-order valence-corrected chi connectivity index (χ3v) is 6.29. The molecule has 1 fully saturated rings. The number of nitrogens with one attached hydrogen (secondary N) is 1. The molecule has 0 saturated heterocycles. The van der Waals surface area contributed by atoms with Gasteiger partial charge in [0.1, 0.15) is 0 Å². The summed E-state index contributed by atoms with van der Waals surface area (Å²) < 4.78 is 2.45. The Bertz CT molecular complexity index is 405. The van der Waals surface area contributed by atoms with Gasteiger partial charge in [-0.15, -0.1) is 0 Å². The molecule has 2 atom stereocenters. The maximum Gasteiger partial charge on any atom is 0.0354 e. The first-order valence-electron chi connectivity index (χ1n) is 6.79. The van der Waals surface area contributed by atoms with Gasteiger partial charge in [-0.1, -0.05) is 26.7 Å². The number of halogens is 2. The number of hydrogen-bond acceptors (Lipinski definition) is 1. The van der Waals surface area contributed by atoms with Crippen LogP contribution >= 0.6 is 38.5 Å². The molecule has 2 rings (SSSR count). The van der Waals surface area contributed by atoms with E-state index in [2.05, 4.69) is 75.9 Å². The van der Waals surface area contributed by atoms with Crippen molar-refractivity contribution in [1.29, 1.82) is 0 Å². The van der Waals surface area contributed by atoms with E-state index in [0.717, 1.165) is 11.8 Å². The van der Waals surface area contributed by atoms with Gasteiger partial charge in [0.25, 0.3) is 0 Å². The van der Waals surface area contributed by atoms with Crippen molar-refractivity contribution in [3.63, 3.8) is 0 Å². The smallest absolute Gasteiger partial charge is 0.0354 e. The molecule has 0 heterocycles. The van der Waals surface area contributed by atoms with Crippen molar-refractivity contribution in [3.8, 4) is 0 Å². The highest BCUT2D eigenvalue weighted by Gasteiger charge is 2.27. The fourth-order valence-corrected chi connectivity index (χ4v) is 3.65. The van der Waals surface area contributed by atoms with E-state index in [9.17, 15) is 0 Å². The molecule has 0 bridgehead atoms. The van der Waals surface area contributed by atoms with Gasteiger partial charge < -0.3 is 5.32 Å². The molecule has 1 aliphatic rings. The van der Waals surface area contributed by atoms with Gasteiger partial charge in [0.15, 0.2) is 0 Å². The molecule has 0 aliphatic heterocycles. The highest BCUT2D eigenvalue weighted by molar-refractivity contribution is 14.1. The molecule has 18 heavy (non-hydrogen) atoms. The quantitative estimate of drug-likeness (QED) is 0.619. The Morgan fingerprint density at radius 1 is 1.28 bits per heavy atom. The molecule has 3 heteroatoms. The van der Waals surface area contributed by atoms with Crippen molar-refractivity contribution in [2.45, 2.75) is 45.6 Å². The van der Waals surface area contributed by atoms with E-state index in [4.69, 9.17) is 0 Å². The summed E-state index contributed by atoms with van der Waals surface area (Å²) in [6.45, 7) is 4.71. The van der Waals surface area contributed by atoms with E-state index in [1.54, 1.807) is 0 Å². The standard InChI is InChI=1S/C15H21BrIN/c1-10(2)12-5-3-4-6-15(12)18-11-7-8-14(17)13(16)9-11/h7-10,12,15,18H,3-6H2,1-2H3. The van der Waals surface area contributed by atoms with Gasteiger partial charge in [0, 0.05) is 19.8 Å². The van der Waals surface area contributed by atoms with Crippen LogP contribution in [0.2, 0.25) is 0 Å². The Morgan fingerprint density at radius 2 is 2.00 bits per heavy atom. The summed E-state index contributed by atoms with van der Waals surface area (Å²) in [6, 6.07) is 7.21. The van der Waals surface area contributed by atoms with Crippen molar-refractivity contribution >= 4 is 44.2 Å². The average Bonchev–Trinajstić information content (AvgIpc) is 2.34. The van der Waals surface area contributed by atoms with Crippen molar-refractivity contribution in [2.75, 3.05) is 5.32 Å². The lowest BCUT2D eigenvalue weighted by molar-refractivity contribution is 0.254. The lowest BCUT2D eigenvalue weighted by Crippen LogP contribution is -2.35. The predicted octanol–water partition coefficient (Wildman–Crippen LogP) is 5.68. The Balaban J connectivity index is 2.08. The van der Waals surface area contributed by atoms with Gasteiger partial charge in [0.05, 0.1) is 0 Å². The zero-order valence-electron chi connectivity index (χ0n) is 11.0. The lowest BCUT2D eigenvalue weighted by atomic mass is 9.78. The third kappa shape index (κ3) is 3.62. The second-order valence-electron chi connectivity index (χ2n) is 5.57. The predicted molar refractivity (Wildman–Crippen MR) is 91.1 cm³/mol. The second-order valence-corrected chi connectivity index (χ2v) is 7.59. The number of hydrogen-bond donors (Lipinski definition) is 1. The SMILES string of the molecule is CC(C)C1CCCCC1Nc1ccc(I)c(Br)c1. The van der Waals surface area contributed by atoms with Crippen LogP contribution in [0.1, 0.15) is 39.5 Å². The lowest BCUT2D eigenvalue weighted by Gasteiger charge is -2.35. The van der Waals surface area contributed by atoms with Crippen molar-refractivity contribution in [3.05, 3.63) is 26.2 Å². The zero-order valence-corrected chi connectivity index (χ0v) is 14.8. The summed E-state index contributed by atoms with van der Waals surface area (Å²) in [5, 5.41) is 3.75. The van der Waals surface area contributed by atoms with E-state index >= 15 is 0 Å². The van der Waals surface area contributed by atoms with Crippen molar-refractivity contribution in [2.24, 2.45) is 11.8 Å². The largest absolute Gasteiger partial charge is 0.382 e. The number of anilines is 1. The molecule has 1 saturated carbocycles. The molecular formula is C15H21BrIN. The van der Waals surface area contributed by atoms with Crippen LogP contribution in [0, 0.1) is 15.4 Å². The van der Waals surface area contributed by atoms with Crippen molar-refractivity contribution in [1.82, 2.24) is 0 Å². The molecule has 0 radical (unpaired) electrons. The molecule has 0 aromatic heterocycles. The molecule has 1 nitrogen and oxygen atoms in total. The van der Waals surface area contributed by atoms with E-state index < -0.39 is 0 Å². The zero-order chi connectivity index (χ0) is 13.1. The number of benzene rings is 1. The molecule has 1 aromatic rings. The highest BCUT2D eigenvalue weighted by Crippen LogP contribution is 2.33. The molecule has 0 spiro atoms. The fourth-order valence-electron chi connectivity index (χ4n) is 2.94. The van der Waals surface area contributed by atoms with Gasteiger partial charge in [-0.2, -0.15) is 0 Å². The van der Waals surface area contributed by atoms with Crippen LogP contribution in [-0.4, -0.2) is 6.04 Å². The van der Waals surface area contributed by atoms with Crippen LogP contribution in [0.4, 0.5) is 5.69 Å². The Morgan fingerprint density at radius 3 is 2.67 bits per heavy atom. The fraction of sp³-hybridized carbons (Fsp3) is 0.600. The minimum Gasteiger partial charge on any atom is -0.382 e. The summed E-state index contributed by atoms with van der Waals surface area (Å²) in [5.41, 5.74) is 1.25. The molecule has 1 aliphatic carbocycles. The van der Waals surface area contributed by atoms with Crippen LogP contribution in [-0.2, 0) is 0 Å². The molecule has 0 amide bonds. The summed E-state index contributed by atoms with van der Waals surface area (Å²) in [4.78, 5) is 0. The van der Waals surface area contributed by atoms with E-state index in [-0.39, 0.29) is 0 Å². The Hall–Kier alpha value is 0.230. The minimum atomic E-state index is 0.644. The summed E-state index contributed by atoms with van der Waals surface area (Å²) >= 11 is 5.96. The maximum atomic E-state index is 3.75. The van der Waals surface area contributed by atoms with Crippen molar-refractivity contribution < 1.29 is 0 Å². The monoisotopic (exact) mass is 421 g/mol. The van der Waals surface area contributed by atoms with Gasteiger partial charge >= 0.3 is 0 Å². The third-order valence-electron chi connectivity index (χ3n) is 3.95. The average molecular weight is 422 g/mol. The molecule has 100 valence electrons. The summed E-state index contributed by atoms with van der Waals surface area (Å²) in [7, 11) is 0. The van der Waals surface area contributed by atoms with E-state index in [1.807, 2.05) is 0 Å². The van der Waals surface area contributed by atoms with Crippen LogP contribution in [0.25, 0.3) is 0 Å². The van der Waals surface area contributed by atoms with Crippen LogP contribution in [0.15, 0.2) is 22.7 Å². The maximum absolute atomic E-state index is 3.75. The van der Waals surface area contributed by atoms with Crippen LogP contribution < -0.4 is 5.32 Å². The van der Waals surface area contributed by atoms with E-state index in [1.165, 1.54) is 39.4 Å². The second kappa shape index (κ2) is 6.60. The van der Waals surface area contributed by atoms with E-state index in [0.29, 0.717) is 6.04 Å². The Kier molecular flexibility index (Phi) is 5.36. The van der Waals surface area contributed by atoms with Gasteiger partial charge in [-0.3, -0.25) is 0 Å². The first kappa shape index (κ1) is 14.6. The molecule has 2 unspecified atom stereocenters. The topological polar surface area (TPSA) is 12.0 Å². The number of rotatable bonds is 3. The Labute approximate surface area is 132 Å². The molecular weight excluding hydrogens is 401 g/mol. The molecule has 1 aromatic carbocycles. The summed E-state index contributed by atoms with van der Waals surface area (Å²) in [5.74, 6) is 1.59. The normalized spacial score (nSPS) is 24.3. The minimum absolute atomic E-state index is 0.644. The van der Waals surface area contributed by atoms with Crippen LogP contribution in [0.5, 0.6) is 0 Å². The highest BCUT2D eigenvalue weighted by atomic mass is 127. The van der Waals surface area contributed by atoms with Crippen LogP contribution in [0.3, 0.4) is 0 Å². The summed E-state index contributed by atoms with van der Waals surface area (Å²) in [6.07, 6.45) is 5.46.